The van der Waals surface area contributed by atoms with Crippen molar-refractivity contribution in [3.8, 4) is 0 Å². The summed E-state index contributed by atoms with van der Waals surface area (Å²) in [6, 6.07) is 0. The molecule has 1 unspecified atom stereocenters. The molecule has 0 saturated carbocycles. The van der Waals surface area contributed by atoms with Gasteiger partial charge in [-0.25, -0.2) is 0 Å². The number of fused-ring (bicyclic) bond motifs is 1. The standard InChI is InChI=1S/C10H16O6/c1-5(11)14-7-3-9(12)16-8-4-13-6(2)15-10(7)8/h6-10,12H,3-4H2,1-2H3/t6?,7-,8+,9-,10-/m0/s1. The molecule has 0 aromatic carbocycles. The van der Waals surface area contributed by atoms with Gasteiger partial charge in [-0.15, -0.1) is 0 Å². The minimum absolute atomic E-state index is 0.230. The summed E-state index contributed by atoms with van der Waals surface area (Å²) in [5.41, 5.74) is 0. The maximum absolute atomic E-state index is 10.9. The van der Waals surface area contributed by atoms with Gasteiger partial charge in [0.1, 0.15) is 18.3 Å². The van der Waals surface area contributed by atoms with Gasteiger partial charge in [-0.3, -0.25) is 4.79 Å². The first kappa shape index (κ1) is 11.8. The molecule has 6 heteroatoms. The van der Waals surface area contributed by atoms with Gasteiger partial charge in [0.25, 0.3) is 0 Å². The molecule has 2 fully saturated rings. The van der Waals surface area contributed by atoms with Crippen molar-refractivity contribution in [2.24, 2.45) is 0 Å². The van der Waals surface area contributed by atoms with E-state index in [9.17, 15) is 9.90 Å². The van der Waals surface area contributed by atoms with Gasteiger partial charge in [-0.2, -0.15) is 0 Å². The lowest BCUT2D eigenvalue weighted by Gasteiger charge is -2.43. The lowest BCUT2D eigenvalue weighted by Crippen LogP contribution is -2.57. The largest absolute Gasteiger partial charge is 0.459 e. The second kappa shape index (κ2) is 4.67. The van der Waals surface area contributed by atoms with Crippen LogP contribution in [0.1, 0.15) is 20.3 Å². The molecule has 0 amide bonds. The van der Waals surface area contributed by atoms with Crippen LogP contribution in [-0.2, 0) is 23.7 Å². The lowest BCUT2D eigenvalue weighted by molar-refractivity contribution is -0.325. The average Bonchev–Trinajstić information content (AvgIpc) is 2.18. The third kappa shape index (κ3) is 2.52. The number of hydrogen-bond acceptors (Lipinski definition) is 6. The van der Waals surface area contributed by atoms with Crippen molar-refractivity contribution in [1.82, 2.24) is 0 Å². The Labute approximate surface area is 93.4 Å². The molecular weight excluding hydrogens is 216 g/mol. The van der Waals surface area contributed by atoms with Crippen LogP contribution in [0.3, 0.4) is 0 Å². The van der Waals surface area contributed by atoms with Gasteiger partial charge in [-0.1, -0.05) is 0 Å². The maximum Gasteiger partial charge on any atom is 0.302 e. The van der Waals surface area contributed by atoms with Crippen LogP contribution in [0, 0.1) is 0 Å². The van der Waals surface area contributed by atoms with Crippen molar-refractivity contribution in [3.05, 3.63) is 0 Å². The quantitative estimate of drug-likeness (QED) is 0.630. The Morgan fingerprint density at radius 1 is 1.44 bits per heavy atom. The monoisotopic (exact) mass is 232 g/mol. The van der Waals surface area contributed by atoms with E-state index in [1.165, 1.54) is 6.92 Å². The summed E-state index contributed by atoms with van der Waals surface area (Å²) in [5.74, 6) is -0.388. The Morgan fingerprint density at radius 2 is 2.19 bits per heavy atom. The summed E-state index contributed by atoms with van der Waals surface area (Å²) in [6.07, 6.45) is -2.28. The normalized spacial score (nSPS) is 43.6. The molecule has 6 nitrogen and oxygen atoms in total. The van der Waals surface area contributed by atoms with Gasteiger partial charge in [0.15, 0.2) is 12.6 Å². The number of aliphatic hydroxyl groups is 1. The molecule has 0 aliphatic carbocycles. The van der Waals surface area contributed by atoms with Crippen LogP contribution < -0.4 is 0 Å². The molecule has 2 rings (SSSR count). The Kier molecular flexibility index (Phi) is 3.44. The van der Waals surface area contributed by atoms with Crippen molar-refractivity contribution in [2.75, 3.05) is 6.61 Å². The van der Waals surface area contributed by atoms with Gasteiger partial charge in [0.2, 0.25) is 0 Å². The summed E-state index contributed by atoms with van der Waals surface area (Å²) in [4.78, 5) is 10.9. The van der Waals surface area contributed by atoms with E-state index in [4.69, 9.17) is 18.9 Å². The van der Waals surface area contributed by atoms with Crippen molar-refractivity contribution in [1.29, 1.82) is 0 Å². The van der Waals surface area contributed by atoms with E-state index in [-0.39, 0.29) is 30.9 Å². The van der Waals surface area contributed by atoms with E-state index in [1.807, 2.05) is 0 Å². The third-order valence-corrected chi connectivity index (χ3v) is 2.66. The first-order valence-corrected chi connectivity index (χ1v) is 5.34. The lowest BCUT2D eigenvalue weighted by atomic mass is 10.0. The first-order valence-electron chi connectivity index (χ1n) is 5.34. The number of rotatable bonds is 1. The van der Waals surface area contributed by atoms with Crippen LogP contribution in [0.15, 0.2) is 0 Å². The fourth-order valence-corrected chi connectivity index (χ4v) is 2.04. The molecule has 0 spiro atoms. The fraction of sp³-hybridized carbons (Fsp3) is 0.900. The number of esters is 1. The zero-order valence-electron chi connectivity index (χ0n) is 9.29. The van der Waals surface area contributed by atoms with Gasteiger partial charge in [0.05, 0.1) is 6.61 Å². The average molecular weight is 232 g/mol. The Hall–Kier alpha value is -0.690. The highest BCUT2D eigenvalue weighted by atomic mass is 16.7. The molecule has 5 atom stereocenters. The van der Waals surface area contributed by atoms with Crippen molar-refractivity contribution < 1.29 is 28.8 Å². The van der Waals surface area contributed by atoms with Crippen molar-refractivity contribution in [2.45, 2.75) is 51.2 Å². The van der Waals surface area contributed by atoms with E-state index in [1.54, 1.807) is 6.92 Å². The number of carbonyl (C=O) groups excluding carboxylic acids is 1. The summed E-state index contributed by atoms with van der Waals surface area (Å²) in [5, 5.41) is 9.47. The molecule has 16 heavy (non-hydrogen) atoms. The van der Waals surface area contributed by atoms with Gasteiger partial charge >= 0.3 is 5.97 Å². The smallest absolute Gasteiger partial charge is 0.302 e. The zero-order chi connectivity index (χ0) is 11.7. The number of aliphatic hydroxyl groups excluding tert-OH is 1. The summed E-state index contributed by atoms with van der Waals surface area (Å²) in [7, 11) is 0. The molecule has 0 aromatic heterocycles. The number of hydrogen-bond donors (Lipinski definition) is 1. The SMILES string of the molecule is CC(=O)O[C@H]1C[C@@H](O)O[C@@H]2COC(C)O[C@@H]12. The second-order valence-corrected chi connectivity index (χ2v) is 4.01. The Balaban J connectivity index is 2.05. The highest BCUT2D eigenvalue weighted by molar-refractivity contribution is 5.66. The van der Waals surface area contributed by atoms with Crippen LogP contribution in [0.4, 0.5) is 0 Å². The van der Waals surface area contributed by atoms with Crippen LogP contribution >= 0.6 is 0 Å². The van der Waals surface area contributed by atoms with Crippen LogP contribution in [0.5, 0.6) is 0 Å². The molecule has 2 aliphatic rings. The summed E-state index contributed by atoms with van der Waals surface area (Å²) >= 11 is 0. The molecule has 2 saturated heterocycles. The molecular formula is C10H16O6. The Morgan fingerprint density at radius 3 is 2.88 bits per heavy atom. The molecule has 2 heterocycles. The molecule has 0 radical (unpaired) electrons. The number of carbonyl (C=O) groups is 1. The van der Waals surface area contributed by atoms with Gasteiger partial charge in [-0.05, 0) is 6.92 Å². The fourth-order valence-electron chi connectivity index (χ4n) is 2.04. The second-order valence-electron chi connectivity index (χ2n) is 4.01. The highest BCUT2D eigenvalue weighted by Crippen LogP contribution is 2.28. The van der Waals surface area contributed by atoms with Crippen LogP contribution in [0.2, 0.25) is 0 Å². The highest BCUT2D eigenvalue weighted by Gasteiger charge is 2.44. The van der Waals surface area contributed by atoms with Crippen molar-refractivity contribution >= 4 is 5.97 Å². The minimum atomic E-state index is -0.939. The molecule has 1 N–H and O–H groups in total. The van der Waals surface area contributed by atoms with E-state index in [0.29, 0.717) is 6.61 Å². The van der Waals surface area contributed by atoms with Crippen LogP contribution in [0.25, 0.3) is 0 Å². The van der Waals surface area contributed by atoms with Gasteiger partial charge < -0.3 is 24.1 Å². The zero-order valence-corrected chi connectivity index (χ0v) is 9.29. The maximum atomic E-state index is 10.9. The predicted molar refractivity (Wildman–Crippen MR) is 51.3 cm³/mol. The molecule has 0 aromatic rings. The van der Waals surface area contributed by atoms with Crippen molar-refractivity contribution in [3.63, 3.8) is 0 Å². The predicted octanol–water partition coefficient (Wildman–Crippen LogP) is -0.213. The molecule has 0 bridgehead atoms. The van der Waals surface area contributed by atoms with E-state index < -0.39 is 12.4 Å². The van der Waals surface area contributed by atoms with E-state index in [2.05, 4.69) is 0 Å². The van der Waals surface area contributed by atoms with E-state index in [0.717, 1.165) is 0 Å². The third-order valence-electron chi connectivity index (χ3n) is 2.66. The van der Waals surface area contributed by atoms with Gasteiger partial charge in [0, 0.05) is 13.3 Å². The summed E-state index contributed by atoms with van der Waals surface area (Å²) < 4.78 is 21.2. The summed E-state index contributed by atoms with van der Waals surface area (Å²) in [6.45, 7) is 3.44. The molecule has 92 valence electrons. The molecule has 2 aliphatic heterocycles. The first-order chi connectivity index (χ1) is 7.56. The van der Waals surface area contributed by atoms with E-state index >= 15 is 0 Å². The van der Waals surface area contributed by atoms with Crippen LogP contribution in [-0.4, -0.2) is 48.6 Å². The minimum Gasteiger partial charge on any atom is -0.459 e. The Bertz CT molecular complexity index is 268. The topological polar surface area (TPSA) is 74.2 Å². The number of ether oxygens (including phenoxy) is 4.